The molecule has 0 saturated heterocycles. The fraction of sp³-hybridized carbons (Fsp3) is 0.667. The average molecular weight is 525 g/mol. The molecule has 35 heavy (non-hydrogen) atoms. The van der Waals surface area contributed by atoms with Gasteiger partial charge in [-0.25, -0.2) is 4.57 Å². The van der Waals surface area contributed by atoms with Crippen molar-refractivity contribution in [2.24, 2.45) is 0 Å². The zero-order valence-electron chi connectivity index (χ0n) is 20.0. The average Bonchev–Trinajstić information content (AvgIpc) is 2.69. The van der Waals surface area contributed by atoms with Gasteiger partial charge in [-0.2, -0.15) is 0 Å². The molecule has 0 fully saturated rings. The van der Waals surface area contributed by atoms with Crippen molar-refractivity contribution in [3.63, 3.8) is 0 Å². The molecule has 0 saturated carbocycles. The summed E-state index contributed by atoms with van der Waals surface area (Å²) in [6.45, 7) is 7.28. The second kappa shape index (κ2) is 13.7. The molecule has 0 bridgehead atoms. The first-order valence-corrected chi connectivity index (χ1v) is 11.8. The molecule has 0 aliphatic rings. The molecule has 0 aliphatic heterocycles. The number of aliphatic carboxylic acids is 1. The van der Waals surface area contributed by atoms with Gasteiger partial charge in [0, 0.05) is 6.92 Å². The number of carbonyl (C=O) groups is 6. The van der Waals surface area contributed by atoms with Crippen LogP contribution in [0.4, 0.5) is 0 Å². The Morgan fingerprint density at radius 1 is 0.657 bits per heavy atom. The summed E-state index contributed by atoms with van der Waals surface area (Å²) >= 11 is 0. The molecule has 0 rings (SSSR count). The number of carboxylic acid groups (broad SMARTS) is 1. The standard InChI is InChI=1S/C18H32N5O11P/c1-7(19-12(6)24)14(25)20-9(3)16(27)23-13(11(5)34-35(31,32)33)17(28)21-8(2)15(26)22-10(4)18(29)30/h7-11,13H,1-6H3,(H,19,24)(H,20,25)(H,21,28)(H,22,26)(H,23,27)(H,29,30)(H2,31,32,33)/t7-,8-,9-,10-,11+,13-/m0/s1. The molecular formula is C18H32N5O11P. The number of hydrogen-bond donors (Lipinski definition) is 8. The second-order valence-electron chi connectivity index (χ2n) is 7.74. The maximum atomic E-state index is 12.7. The quantitative estimate of drug-likeness (QED) is 0.113. The van der Waals surface area contributed by atoms with Crippen molar-refractivity contribution in [3.8, 4) is 0 Å². The van der Waals surface area contributed by atoms with Crippen LogP contribution in [0, 0.1) is 0 Å². The van der Waals surface area contributed by atoms with Gasteiger partial charge in [-0.15, -0.1) is 0 Å². The van der Waals surface area contributed by atoms with Gasteiger partial charge in [0.05, 0.1) is 6.10 Å². The largest absolute Gasteiger partial charge is 0.480 e. The van der Waals surface area contributed by atoms with Crippen LogP contribution in [0.2, 0.25) is 0 Å². The van der Waals surface area contributed by atoms with Crippen LogP contribution in [-0.2, 0) is 37.9 Å². The molecule has 0 unspecified atom stereocenters. The van der Waals surface area contributed by atoms with Crippen LogP contribution in [0.5, 0.6) is 0 Å². The van der Waals surface area contributed by atoms with Crippen LogP contribution < -0.4 is 26.6 Å². The minimum Gasteiger partial charge on any atom is -0.480 e. The number of phosphoric ester groups is 1. The Kier molecular flexibility index (Phi) is 12.5. The van der Waals surface area contributed by atoms with Crippen molar-refractivity contribution in [2.75, 3.05) is 0 Å². The minimum absolute atomic E-state index is 0.485. The zero-order valence-corrected chi connectivity index (χ0v) is 20.9. The molecule has 6 atom stereocenters. The van der Waals surface area contributed by atoms with Gasteiger partial charge in [0.1, 0.15) is 30.2 Å². The lowest BCUT2D eigenvalue weighted by atomic mass is 10.1. The molecule has 17 heteroatoms. The number of hydrogen-bond acceptors (Lipinski definition) is 8. The number of rotatable bonds is 13. The van der Waals surface area contributed by atoms with Crippen LogP contribution in [0.3, 0.4) is 0 Å². The Bertz CT molecular complexity index is 877. The Labute approximate surface area is 201 Å². The first-order chi connectivity index (χ1) is 15.8. The third-order valence-electron chi connectivity index (χ3n) is 4.40. The van der Waals surface area contributed by atoms with Crippen LogP contribution in [0.25, 0.3) is 0 Å². The highest BCUT2D eigenvalue weighted by molar-refractivity contribution is 7.46. The molecule has 16 nitrogen and oxygen atoms in total. The number of phosphoric acid groups is 1. The summed E-state index contributed by atoms with van der Waals surface area (Å²) in [6.07, 6.45) is -1.60. The number of amides is 5. The van der Waals surface area contributed by atoms with E-state index in [0.717, 1.165) is 6.92 Å². The van der Waals surface area contributed by atoms with E-state index in [9.17, 15) is 33.3 Å². The van der Waals surface area contributed by atoms with Gasteiger partial charge in [0.2, 0.25) is 29.5 Å². The van der Waals surface area contributed by atoms with Gasteiger partial charge in [0.25, 0.3) is 0 Å². The molecule has 5 amide bonds. The third-order valence-corrected chi connectivity index (χ3v) is 5.01. The van der Waals surface area contributed by atoms with E-state index in [4.69, 9.17) is 14.9 Å². The van der Waals surface area contributed by atoms with Crippen LogP contribution in [0.15, 0.2) is 0 Å². The van der Waals surface area contributed by atoms with Gasteiger partial charge in [-0.05, 0) is 34.6 Å². The summed E-state index contributed by atoms with van der Waals surface area (Å²) in [5, 5.41) is 20.0. The van der Waals surface area contributed by atoms with E-state index < -0.39 is 79.6 Å². The van der Waals surface area contributed by atoms with Gasteiger partial charge in [0.15, 0.2) is 0 Å². The molecule has 0 radical (unpaired) electrons. The molecule has 0 aliphatic carbocycles. The number of nitrogens with one attached hydrogen (secondary N) is 5. The minimum atomic E-state index is -5.10. The third kappa shape index (κ3) is 12.3. The molecule has 8 N–H and O–H groups in total. The lowest BCUT2D eigenvalue weighted by Crippen LogP contribution is -2.60. The predicted octanol–water partition coefficient (Wildman–Crippen LogP) is -2.91. The molecule has 200 valence electrons. The Balaban J connectivity index is 5.47. The van der Waals surface area contributed by atoms with Crippen molar-refractivity contribution >= 4 is 43.3 Å². The highest BCUT2D eigenvalue weighted by Crippen LogP contribution is 2.38. The van der Waals surface area contributed by atoms with E-state index in [2.05, 4.69) is 31.1 Å². The van der Waals surface area contributed by atoms with Crippen molar-refractivity contribution in [2.45, 2.75) is 77.9 Å². The predicted molar refractivity (Wildman–Crippen MR) is 118 cm³/mol. The highest BCUT2D eigenvalue weighted by Gasteiger charge is 2.35. The summed E-state index contributed by atoms with van der Waals surface area (Å²) in [5.41, 5.74) is 0. The zero-order chi connectivity index (χ0) is 27.7. The smallest absolute Gasteiger partial charge is 0.469 e. The van der Waals surface area contributed by atoms with E-state index in [1.165, 1.54) is 34.6 Å². The van der Waals surface area contributed by atoms with Gasteiger partial charge < -0.3 is 41.5 Å². The first-order valence-electron chi connectivity index (χ1n) is 10.3. The van der Waals surface area contributed by atoms with Gasteiger partial charge in [-0.3, -0.25) is 33.3 Å². The van der Waals surface area contributed by atoms with Crippen molar-refractivity contribution in [1.82, 2.24) is 26.6 Å². The topological polar surface area (TPSA) is 250 Å². The maximum Gasteiger partial charge on any atom is 0.469 e. The molecule has 0 heterocycles. The summed E-state index contributed by atoms with van der Waals surface area (Å²) in [4.78, 5) is 89.6. The van der Waals surface area contributed by atoms with E-state index in [1.54, 1.807) is 0 Å². The number of carboxylic acids is 1. The molecule has 0 aromatic heterocycles. The van der Waals surface area contributed by atoms with E-state index >= 15 is 0 Å². The Morgan fingerprint density at radius 3 is 1.43 bits per heavy atom. The summed E-state index contributed by atoms with van der Waals surface area (Å²) < 4.78 is 15.7. The van der Waals surface area contributed by atoms with Gasteiger partial charge in [-0.1, -0.05) is 0 Å². The monoisotopic (exact) mass is 525 g/mol. The second-order valence-corrected chi connectivity index (χ2v) is 8.93. The van der Waals surface area contributed by atoms with E-state index in [0.29, 0.717) is 0 Å². The Hall–Kier alpha value is -3.07. The normalized spacial score (nSPS) is 16.3. The van der Waals surface area contributed by atoms with Crippen LogP contribution >= 0.6 is 7.82 Å². The lowest BCUT2D eigenvalue weighted by molar-refractivity contribution is -0.141. The molecule has 0 spiro atoms. The lowest BCUT2D eigenvalue weighted by Gasteiger charge is -2.27. The van der Waals surface area contributed by atoms with Crippen molar-refractivity contribution in [1.29, 1.82) is 0 Å². The van der Waals surface area contributed by atoms with E-state index in [-0.39, 0.29) is 0 Å². The maximum absolute atomic E-state index is 12.7. The van der Waals surface area contributed by atoms with Crippen molar-refractivity contribution < 1.29 is 52.7 Å². The van der Waals surface area contributed by atoms with Crippen LogP contribution in [-0.4, -0.2) is 86.7 Å². The first kappa shape index (κ1) is 31.9. The SMILES string of the molecule is CC(=O)N[C@@H](C)C(=O)N[C@@H](C)C(=O)N[C@H](C(=O)N[C@@H](C)C(=O)N[C@@H](C)C(=O)O)[C@@H](C)OP(=O)(O)O. The summed E-state index contributed by atoms with van der Waals surface area (Å²) in [5.74, 6) is -5.45. The summed E-state index contributed by atoms with van der Waals surface area (Å²) in [6, 6.07) is -6.55. The highest BCUT2D eigenvalue weighted by atomic mass is 31.2. The molecule has 0 aromatic rings. The number of carbonyl (C=O) groups excluding carboxylic acids is 5. The Morgan fingerprint density at radius 2 is 1.03 bits per heavy atom. The van der Waals surface area contributed by atoms with Crippen LogP contribution in [0.1, 0.15) is 41.5 Å². The fourth-order valence-corrected chi connectivity index (χ4v) is 3.05. The van der Waals surface area contributed by atoms with Gasteiger partial charge >= 0.3 is 13.8 Å². The fourth-order valence-electron chi connectivity index (χ4n) is 2.50. The molecule has 0 aromatic carbocycles. The molecular weight excluding hydrogens is 493 g/mol. The summed E-state index contributed by atoms with van der Waals surface area (Å²) in [7, 11) is -5.10. The van der Waals surface area contributed by atoms with E-state index in [1.807, 2.05) is 0 Å². The van der Waals surface area contributed by atoms with Crippen molar-refractivity contribution in [3.05, 3.63) is 0 Å².